The fraction of sp³-hybridized carbons (Fsp3) is 0.286. The zero-order valence-corrected chi connectivity index (χ0v) is 11.9. The van der Waals surface area contributed by atoms with Crippen LogP contribution < -0.4 is 0 Å². The highest BCUT2D eigenvalue weighted by atomic mass is 19.1. The lowest BCUT2D eigenvalue weighted by molar-refractivity contribution is -0.0342. The minimum atomic E-state index is -1.35. The summed E-state index contributed by atoms with van der Waals surface area (Å²) < 4.78 is 16.3. The molecule has 7 nitrogen and oxygen atoms in total. The van der Waals surface area contributed by atoms with Crippen molar-refractivity contribution in [2.24, 2.45) is 0 Å². The highest BCUT2D eigenvalue weighted by Crippen LogP contribution is 2.34. The standard InChI is InChI=1S/C14H15FN6O/c1-11(21-10-17-8-19-21)14(22,6-20-9-16-7-18-20)12-2-4-13(15)5-3-12/h2-5,7-11,22H,6H2,1H3. The third-order valence-corrected chi connectivity index (χ3v) is 3.74. The van der Waals surface area contributed by atoms with Crippen molar-refractivity contribution in [2.75, 3.05) is 0 Å². The van der Waals surface area contributed by atoms with Crippen LogP contribution in [0.1, 0.15) is 18.5 Å². The van der Waals surface area contributed by atoms with Crippen molar-refractivity contribution < 1.29 is 9.50 Å². The predicted molar refractivity (Wildman–Crippen MR) is 75.1 cm³/mol. The highest BCUT2D eigenvalue weighted by molar-refractivity contribution is 5.24. The largest absolute Gasteiger partial charge is 0.381 e. The Bertz CT molecular complexity index is 712. The van der Waals surface area contributed by atoms with Crippen molar-refractivity contribution in [3.05, 3.63) is 61.0 Å². The summed E-state index contributed by atoms with van der Waals surface area (Å²) in [6.45, 7) is 1.97. The van der Waals surface area contributed by atoms with Gasteiger partial charge in [0.2, 0.25) is 0 Å². The van der Waals surface area contributed by atoms with Gasteiger partial charge in [-0.2, -0.15) is 10.2 Å². The van der Waals surface area contributed by atoms with E-state index in [1.54, 1.807) is 16.8 Å². The highest BCUT2D eigenvalue weighted by Gasteiger charge is 2.38. The van der Waals surface area contributed by atoms with E-state index in [4.69, 9.17) is 0 Å². The third kappa shape index (κ3) is 2.60. The Balaban J connectivity index is 2.02. The van der Waals surface area contributed by atoms with E-state index in [0.29, 0.717) is 5.56 Å². The monoisotopic (exact) mass is 302 g/mol. The molecule has 0 spiro atoms. The van der Waals surface area contributed by atoms with Crippen LogP contribution >= 0.6 is 0 Å². The van der Waals surface area contributed by atoms with E-state index in [0.717, 1.165) is 0 Å². The minimum Gasteiger partial charge on any atom is -0.381 e. The maximum absolute atomic E-state index is 13.2. The molecule has 22 heavy (non-hydrogen) atoms. The summed E-state index contributed by atoms with van der Waals surface area (Å²) in [5, 5.41) is 19.4. The van der Waals surface area contributed by atoms with Crippen molar-refractivity contribution in [1.29, 1.82) is 0 Å². The lowest BCUT2D eigenvalue weighted by atomic mass is 9.87. The van der Waals surface area contributed by atoms with Gasteiger partial charge < -0.3 is 5.11 Å². The van der Waals surface area contributed by atoms with Gasteiger partial charge in [0.15, 0.2) is 0 Å². The van der Waals surface area contributed by atoms with E-state index in [1.165, 1.54) is 42.1 Å². The maximum atomic E-state index is 13.2. The van der Waals surface area contributed by atoms with Gasteiger partial charge in [0.05, 0.1) is 12.6 Å². The number of aromatic nitrogens is 6. The Morgan fingerprint density at radius 2 is 1.82 bits per heavy atom. The smallest absolute Gasteiger partial charge is 0.137 e. The second-order valence-electron chi connectivity index (χ2n) is 5.08. The predicted octanol–water partition coefficient (Wildman–Crippen LogP) is 1.16. The first-order valence-corrected chi connectivity index (χ1v) is 6.74. The number of rotatable bonds is 5. The molecule has 0 bridgehead atoms. The van der Waals surface area contributed by atoms with E-state index < -0.39 is 11.6 Å². The summed E-state index contributed by atoms with van der Waals surface area (Å²) in [4.78, 5) is 7.79. The Morgan fingerprint density at radius 1 is 1.14 bits per heavy atom. The van der Waals surface area contributed by atoms with Crippen molar-refractivity contribution in [1.82, 2.24) is 29.5 Å². The van der Waals surface area contributed by atoms with Crippen LogP contribution in [0, 0.1) is 5.82 Å². The number of nitrogens with zero attached hydrogens (tertiary/aromatic N) is 6. The first-order valence-electron chi connectivity index (χ1n) is 6.74. The number of hydrogen-bond donors (Lipinski definition) is 1. The lowest BCUT2D eigenvalue weighted by Gasteiger charge is -2.34. The van der Waals surface area contributed by atoms with Crippen molar-refractivity contribution in [2.45, 2.75) is 25.1 Å². The normalized spacial score (nSPS) is 15.4. The number of aliphatic hydroxyl groups is 1. The van der Waals surface area contributed by atoms with E-state index in [9.17, 15) is 9.50 Å². The molecule has 0 saturated heterocycles. The Hall–Kier alpha value is -2.61. The van der Waals surface area contributed by atoms with Crippen LogP contribution in [0.2, 0.25) is 0 Å². The van der Waals surface area contributed by atoms with Crippen LogP contribution in [-0.4, -0.2) is 34.6 Å². The summed E-state index contributed by atoms with van der Waals surface area (Å²) in [5.74, 6) is -0.361. The molecule has 0 aliphatic carbocycles. The van der Waals surface area contributed by atoms with Gasteiger partial charge in [-0.1, -0.05) is 12.1 Å². The zero-order chi connectivity index (χ0) is 15.6. The topological polar surface area (TPSA) is 81.6 Å². The Kier molecular flexibility index (Phi) is 3.68. The average molecular weight is 302 g/mol. The summed E-state index contributed by atoms with van der Waals surface area (Å²) in [5.41, 5.74) is -0.790. The van der Waals surface area contributed by atoms with Gasteiger partial charge >= 0.3 is 0 Å². The zero-order valence-electron chi connectivity index (χ0n) is 11.9. The van der Waals surface area contributed by atoms with Gasteiger partial charge in [0, 0.05) is 0 Å². The molecular formula is C14H15FN6O. The van der Waals surface area contributed by atoms with Crippen molar-refractivity contribution in [3.8, 4) is 0 Å². The van der Waals surface area contributed by atoms with Crippen molar-refractivity contribution in [3.63, 3.8) is 0 Å². The van der Waals surface area contributed by atoms with Crippen LogP contribution in [0.4, 0.5) is 4.39 Å². The molecule has 0 aliphatic heterocycles. The number of hydrogen-bond acceptors (Lipinski definition) is 5. The summed E-state index contributed by atoms with van der Waals surface area (Å²) in [6.07, 6.45) is 5.84. The minimum absolute atomic E-state index is 0.152. The Morgan fingerprint density at radius 3 is 2.41 bits per heavy atom. The first-order chi connectivity index (χ1) is 10.6. The summed E-state index contributed by atoms with van der Waals surface area (Å²) in [6, 6.07) is 5.30. The van der Waals surface area contributed by atoms with E-state index in [-0.39, 0.29) is 12.4 Å². The van der Waals surface area contributed by atoms with Gasteiger partial charge in [-0.3, -0.25) is 0 Å². The summed E-state index contributed by atoms with van der Waals surface area (Å²) >= 11 is 0. The number of halogens is 1. The van der Waals surface area contributed by atoms with Gasteiger partial charge in [0.1, 0.15) is 36.7 Å². The molecule has 2 atom stereocenters. The second-order valence-corrected chi connectivity index (χ2v) is 5.08. The molecule has 114 valence electrons. The third-order valence-electron chi connectivity index (χ3n) is 3.74. The van der Waals surface area contributed by atoms with Crippen LogP contribution in [0.5, 0.6) is 0 Å². The van der Waals surface area contributed by atoms with Crippen LogP contribution in [0.25, 0.3) is 0 Å². The first kappa shape index (κ1) is 14.3. The van der Waals surface area contributed by atoms with E-state index in [1.807, 2.05) is 6.92 Å². The van der Waals surface area contributed by atoms with Crippen LogP contribution in [-0.2, 0) is 12.1 Å². The van der Waals surface area contributed by atoms with Gasteiger partial charge in [-0.25, -0.2) is 23.7 Å². The number of benzene rings is 1. The fourth-order valence-corrected chi connectivity index (χ4v) is 2.40. The molecule has 2 unspecified atom stereocenters. The van der Waals surface area contributed by atoms with Crippen LogP contribution in [0.3, 0.4) is 0 Å². The fourth-order valence-electron chi connectivity index (χ4n) is 2.40. The molecule has 0 aliphatic rings. The maximum Gasteiger partial charge on any atom is 0.137 e. The molecule has 2 heterocycles. The van der Waals surface area contributed by atoms with Gasteiger partial charge in [0.25, 0.3) is 0 Å². The quantitative estimate of drug-likeness (QED) is 0.765. The Labute approximate surface area is 126 Å². The molecule has 0 fully saturated rings. The molecule has 2 aromatic heterocycles. The molecule has 1 aromatic carbocycles. The van der Waals surface area contributed by atoms with E-state index >= 15 is 0 Å². The molecule has 0 radical (unpaired) electrons. The SMILES string of the molecule is CC(n1cncn1)C(O)(Cn1cncn1)c1ccc(F)cc1. The molecular weight excluding hydrogens is 287 g/mol. The molecule has 3 aromatic rings. The molecule has 1 N–H and O–H groups in total. The van der Waals surface area contributed by atoms with Crippen LogP contribution in [0.15, 0.2) is 49.6 Å². The van der Waals surface area contributed by atoms with Gasteiger partial charge in [-0.05, 0) is 24.6 Å². The lowest BCUT2D eigenvalue weighted by Crippen LogP contribution is -2.40. The molecule has 3 rings (SSSR count). The van der Waals surface area contributed by atoms with E-state index in [2.05, 4.69) is 20.2 Å². The molecule has 8 heteroatoms. The summed E-state index contributed by atoms with van der Waals surface area (Å²) in [7, 11) is 0. The molecule has 0 amide bonds. The second kappa shape index (κ2) is 5.64. The molecule has 0 saturated carbocycles. The average Bonchev–Trinajstić information content (AvgIpc) is 3.20. The van der Waals surface area contributed by atoms with Gasteiger partial charge in [-0.15, -0.1) is 0 Å². The van der Waals surface area contributed by atoms with Crippen molar-refractivity contribution >= 4 is 0 Å².